The van der Waals surface area contributed by atoms with Gasteiger partial charge in [0.1, 0.15) is 11.5 Å². The molecule has 2 aromatic carbocycles. The van der Waals surface area contributed by atoms with Crippen molar-refractivity contribution in [3.05, 3.63) is 81.6 Å². The van der Waals surface area contributed by atoms with Gasteiger partial charge in [0.2, 0.25) is 17.7 Å². The average molecular weight is 598 g/mol. The summed E-state index contributed by atoms with van der Waals surface area (Å²) in [6, 6.07) is 13.0. The summed E-state index contributed by atoms with van der Waals surface area (Å²) in [7, 11) is 3.21. The molecule has 3 amide bonds. The summed E-state index contributed by atoms with van der Waals surface area (Å²) < 4.78 is 6.36. The van der Waals surface area contributed by atoms with Crippen molar-refractivity contribution in [3.63, 3.8) is 0 Å². The topological polar surface area (TPSA) is 153 Å². The lowest BCUT2D eigenvalue weighted by Gasteiger charge is -2.36. The van der Waals surface area contributed by atoms with Crippen molar-refractivity contribution in [2.24, 2.45) is 0 Å². The molecule has 230 valence electrons. The largest absolute Gasteiger partial charge is 0.424 e. The first-order valence-corrected chi connectivity index (χ1v) is 15.2. The van der Waals surface area contributed by atoms with Gasteiger partial charge in [-0.2, -0.15) is 5.26 Å². The maximum Gasteiger partial charge on any atom is 0.251 e. The number of nitrogens with one attached hydrogen (secondary N) is 3. The number of amides is 3. The van der Waals surface area contributed by atoms with Crippen LogP contribution in [0.25, 0.3) is 0 Å². The second-order valence-electron chi connectivity index (χ2n) is 11.5. The molecule has 1 aromatic heterocycles. The zero-order chi connectivity index (χ0) is 31.4. The predicted molar refractivity (Wildman–Crippen MR) is 163 cm³/mol. The van der Waals surface area contributed by atoms with E-state index in [2.05, 4.69) is 32.2 Å². The summed E-state index contributed by atoms with van der Waals surface area (Å²) in [5, 5.41) is 27.2. The van der Waals surface area contributed by atoms with E-state index in [1.165, 1.54) is 0 Å². The molecule has 1 saturated heterocycles. The Bertz CT molecular complexity index is 1540. The standard InChI is InChI=1S/C33H39N7O4/c1-5-28-38-39-32(44-28)33(17-20(2)37-19-29(41)40-14-6-7-25(40)18-34)26-12-10-23(30(42)35-3)15-21(26)8-9-22-16-24(31(43)36-4)11-13-27(22)33/h10-13,15-16,20,25,37H,5-9,14,17,19H2,1-4H3,(H,35,42)(H,36,43)/t20-,25+/m1/s1. The number of aromatic nitrogens is 2. The van der Waals surface area contributed by atoms with Crippen LogP contribution in [0.4, 0.5) is 0 Å². The number of aryl methyl sites for hydroxylation is 3. The molecule has 0 saturated carbocycles. The molecule has 44 heavy (non-hydrogen) atoms. The van der Waals surface area contributed by atoms with E-state index in [1.54, 1.807) is 19.0 Å². The van der Waals surface area contributed by atoms with E-state index in [9.17, 15) is 19.6 Å². The van der Waals surface area contributed by atoms with E-state index in [4.69, 9.17) is 4.42 Å². The molecule has 0 unspecified atom stereocenters. The highest BCUT2D eigenvalue weighted by molar-refractivity contribution is 5.95. The third-order valence-electron chi connectivity index (χ3n) is 8.84. The SMILES string of the molecule is CCc1nnc(C2(C[C@@H](C)NCC(=O)N3CCC[C@H]3C#N)c3ccc(C(=O)NC)cc3CCc3cc(C(=O)NC)ccc32)o1. The molecule has 2 heterocycles. The summed E-state index contributed by atoms with van der Waals surface area (Å²) in [5.74, 6) is 0.456. The lowest BCUT2D eigenvalue weighted by molar-refractivity contribution is -0.130. The second kappa shape index (κ2) is 13.0. The summed E-state index contributed by atoms with van der Waals surface area (Å²) in [6.45, 7) is 4.64. The van der Waals surface area contributed by atoms with Gasteiger partial charge in [-0.3, -0.25) is 14.4 Å². The molecule has 3 N–H and O–H groups in total. The number of carbonyl (C=O) groups is 3. The smallest absolute Gasteiger partial charge is 0.251 e. The Morgan fingerprint density at radius 3 is 2.18 bits per heavy atom. The van der Waals surface area contributed by atoms with Gasteiger partial charge in [0.25, 0.3) is 11.8 Å². The van der Waals surface area contributed by atoms with Gasteiger partial charge < -0.3 is 25.3 Å². The molecule has 11 nitrogen and oxygen atoms in total. The van der Waals surface area contributed by atoms with Gasteiger partial charge in [0.05, 0.1) is 12.6 Å². The summed E-state index contributed by atoms with van der Waals surface area (Å²) >= 11 is 0. The quantitative estimate of drug-likeness (QED) is 0.340. The van der Waals surface area contributed by atoms with Crippen LogP contribution in [0.3, 0.4) is 0 Å². The number of nitrogens with zero attached hydrogens (tertiary/aromatic N) is 4. The van der Waals surface area contributed by atoms with Gasteiger partial charge in [0.15, 0.2) is 0 Å². The number of nitriles is 1. The van der Waals surface area contributed by atoms with E-state index >= 15 is 0 Å². The van der Waals surface area contributed by atoms with Crippen molar-refractivity contribution in [1.82, 2.24) is 31.0 Å². The van der Waals surface area contributed by atoms with Crippen LogP contribution in [0.2, 0.25) is 0 Å². The number of hydrogen-bond donors (Lipinski definition) is 3. The maximum absolute atomic E-state index is 13.1. The van der Waals surface area contributed by atoms with Gasteiger partial charge >= 0.3 is 0 Å². The second-order valence-corrected chi connectivity index (χ2v) is 11.5. The molecule has 1 aliphatic carbocycles. The van der Waals surface area contributed by atoms with Gasteiger partial charge in [0, 0.05) is 44.2 Å². The van der Waals surface area contributed by atoms with Crippen LogP contribution in [0.5, 0.6) is 0 Å². The fourth-order valence-electron chi connectivity index (χ4n) is 6.62. The van der Waals surface area contributed by atoms with Crippen LogP contribution in [-0.4, -0.2) is 72.1 Å². The van der Waals surface area contributed by atoms with Crippen molar-refractivity contribution in [3.8, 4) is 6.07 Å². The first-order chi connectivity index (χ1) is 21.2. The fraction of sp³-hybridized carbons (Fsp3) is 0.455. The first-order valence-electron chi connectivity index (χ1n) is 15.2. The van der Waals surface area contributed by atoms with E-state index in [0.717, 1.165) is 28.7 Å². The molecule has 0 radical (unpaired) electrons. The molecule has 0 spiro atoms. The number of hydrogen-bond acceptors (Lipinski definition) is 8. The van der Waals surface area contributed by atoms with Crippen LogP contribution in [-0.2, 0) is 29.5 Å². The Kier molecular flexibility index (Phi) is 9.11. The van der Waals surface area contributed by atoms with Crippen LogP contribution in [0.1, 0.15) is 87.9 Å². The van der Waals surface area contributed by atoms with Crippen molar-refractivity contribution in [2.75, 3.05) is 27.2 Å². The minimum absolute atomic E-state index is 0.0877. The highest BCUT2D eigenvalue weighted by atomic mass is 16.4. The zero-order valence-corrected chi connectivity index (χ0v) is 25.7. The molecule has 1 fully saturated rings. The number of carbonyl (C=O) groups excluding carboxylic acids is 3. The zero-order valence-electron chi connectivity index (χ0n) is 25.7. The molecular formula is C33H39N7O4. The van der Waals surface area contributed by atoms with Gasteiger partial charge in [-0.15, -0.1) is 10.2 Å². The minimum Gasteiger partial charge on any atom is -0.424 e. The Morgan fingerprint density at radius 1 is 1.05 bits per heavy atom. The van der Waals surface area contributed by atoms with Gasteiger partial charge in [-0.1, -0.05) is 19.1 Å². The molecule has 2 aliphatic rings. The Morgan fingerprint density at radius 2 is 1.66 bits per heavy atom. The van der Waals surface area contributed by atoms with Gasteiger partial charge in [-0.05, 0) is 85.5 Å². The molecule has 2 atom stereocenters. The summed E-state index contributed by atoms with van der Waals surface area (Å²) in [6.07, 6.45) is 3.79. The van der Waals surface area contributed by atoms with Crippen LogP contribution < -0.4 is 16.0 Å². The highest BCUT2D eigenvalue weighted by Gasteiger charge is 2.47. The van der Waals surface area contributed by atoms with E-state index < -0.39 is 5.41 Å². The van der Waals surface area contributed by atoms with Crippen molar-refractivity contribution in [1.29, 1.82) is 5.26 Å². The third kappa shape index (κ3) is 5.69. The molecule has 5 rings (SSSR count). The average Bonchev–Trinajstić information content (AvgIpc) is 3.72. The van der Waals surface area contributed by atoms with Crippen molar-refractivity contribution >= 4 is 17.7 Å². The number of likely N-dealkylation sites (tertiary alicyclic amines) is 1. The molecule has 3 aromatic rings. The van der Waals surface area contributed by atoms with Crippen molar-refractivity contribution < 1.29 is 18.8 Å². The van der Waals surface area contributed by atoms with Gasteiger partial charge in [-0.25, -0.2) is 0 Å². The number of rotatable bonds is 9. The molecule has 1 aliphatic heterocycles. The summed E-state index contributed by atoms with van der Waals surface area (Å²) in [5.41, 5.74) is 3.97. The highest BCUT2D eigenvalue weighted by Crippen LogP contribution is 2.48. The normalized spacial score (nSPS) is 17.5. The maximum atomic E-state index is 13.1. The summed E-state index contributed by atoms with van der Waals surface area (Å²) in [4.78, 5) is 40.1. The van der Waals surface area contributed by atoms with E-state index in [-0.39, 0.29) is 36.3 Å². The predicted octanol–water partition coefficient (Wildman–Crippen LogP) is 2.67. The number of benzene rings is 2. The van der Waals surface area contributed by atoms with Crippen molar-refractivity contribution in [2.45, 2.75) is 69.9 Å². The van der Waals surface area contributed by atoms with Crippen LogP contribution in [0, 0.1) is 11.3 Å². The lowest BCUT2D eigenvalue weighted by atomic mass is 9.68. The molecule has 11 heteroatoms. The minimum atomic E-state index is -0.942. The molecule has 0 bridgehead atoms. The Hall–Kier alpha value is -4.56. The van der Waals surface area contributed by atoms with E-state index in [0.29, 0.717) is 61.6 Å². The molecular weight excluding hydrogens is 558 g/mol. The lowest BCUT2D eigenvalue weighted by Crippen LogP contribution is -2.45. The number of fused-ring (bicyclic) bond motifs is 2. The third-order valence-corrected chi connectivity index (χ3v) is 8.84. The fourth-order valence-corrected chi connectivity index (χ4v) is 6.62. The Labute approximate surface area is 257 Å². The van der Waals surface area contributed by atoms with Crippen LogP contribution in [0.15, 0.2) is 40.8 Å². The van der Waals surface area contributed by atoms with E-state index in [1.807, 2.05) is 50.2 Å². The Balaban J connectivity index is 1.63. The van der Waals surface area contributed by atoms with Crippen LogP contribution >= 0.6 is 0 Å². The monoisotopic (exact) mass is 597 g/mol. The first kappa shape index (κ1) is 30.9.